The molecular formula is C7H14Cl2N4. The number of hydrogen-bond acceptors (Lipinski definition) is 3. The highest BCUT2D eigenvalue weighted by Gasteiger charge is 2.13. The molecule has 1 N–H and O–H groups in total. The van der Waals surface area contributed by atoms with Crippen molar-refractivity contribution < 1.29 is 0 Å². The highest BCUT2D eigenvalue weighted by Crippen LogP contribution is 2.05. The summed E-state index contributed by atoms with van der Waals surface area (Å²) in [6.07, 6.45) is 6.17. The van der Waals surface area contributed by atoms with Crippen molar-refractivity contribution in [3.8, 4) is 0 Å². The summed E-state index contributed by atoms with van der Waals surface area (Å²) in [6.45, 7) is 2.11. The Morgan fingerprint density at radius 3 is 2.85 bits per heavy atom. The van der Waals surface area contributed by atoms with Crippen molar-refractivity contribution in [3.63, 3.8) is 0 Å². The molecule has 0 aliphatic carbocycles. The Balaban J connectivity index is 0.000000720. The van der Waals surface area contributed by atoms with Crippen LogP contribution in [-0.2, 0) is 6.54 Å². The van der Waals surface area contributed by atoms with Crippen LogP contribution in [0.15, 0.2) is 12.4 Å². The smallest absolute Gasteiger partial charge is 0.0692 e. The minimum atomic E-state index is 0. The van der Waals surface area contributed by atoms with Gasteiger partial charge in [0.05, 0.1) is 12.7 Å². The van der Waals surface area contributed by atoms with Crippen molar-refractivity contribution in [1.29, 1.82) is 0 Å². The van der Waals surface area contributed by atoms with Gasteiger partial charge in [0.1, 0.15) is 0 Å². The largest absolute Gasteiger partial charge is 0.312 e. The Morgan fingerprint density at radius 2 is 2.31 bits per heavy atom. The summed E-state index contributed by atoms with van der Waals surface area (Å²) in [7, 11) is 0. The molecule has 1 aliphatic heterocycles. The Bertz CT molecular complexity index is 208. The van der Waals surface area contributed by atoms with E-state index >= 15 is 0 Å². The standard InChI is InChI=1S/C7H12N4.2ClH/c1-2-7(8-3-1)6-11-5-4-9-10-11;;/h4-5,7-8H,1-3,6H2;2*1H/t7-;;/m0../s1. The van der Waals surface area contributed by atoms with Crippen LogP contribution in [0, 0.1) is 0 Å². The van der Waals surface area contributed by atoms with Crippen molar-refractivity contribution >= 4 is 24.8 Å². The molecule has 1 aromatic rings. The minimum Gasteiger partial charge on any atom is -0.312 e. The molecule has 0 aromatic carbocycles. The first kappa shape index (κ1) is 12.7. The van der Waals surface area contributed by atoms with Gasteiger partial charge in [-0.2, -0.15) is 0 Å². The molecule has 0 unspecified atom stereocenters. The summed E-state index contributed by atoms with van der Waals surface area (Å²) in [5, 5.41) is 11.1. The SMILES string of the molecule is Cl.Cl.c1cn(C[C@@H]2CCCN2)nn1. The molecule has 1 atom stereocenters. The van der Waals surface area contributed by atoms with E-state index in [0.717, 1.165) is 13.1 Å². The molecule has 6 heteroatoms. The van der Waals surface area contributed by atoms with E-state index in [1.807, 2.05) is 10.9 Å². The number of halogens is 2. The average molecular weight is 225 g/mol. The fraction of sp³-hybridized carbons (Fsp3) is 0.714. The van der Waals surface area contributed by atoms with E-state index in [2.05, 4.69) is 15.6 Å². The van der Waals surface area contributed by atoms with Crippen molar-refractivity contribution in [3.05, 3.63) is 12.4 Å². The molecule has 76 valence electrons. The van der Waals surface area contributed by atoms with Gasteiger partial charge in [0, 0.05) is 12.2 Å². The molecule has 0 bridgehead atoms. The summed E-state index contributed by atoms with van der Waals surface area (Å²) in [5.41, 5.74) is 0. The summed E-state index contributed by atoms with van der Waals surface area (Å²) < 4.78 is 1.88. The van der Waals surface area contributed by atoms with Crippen LogP contribution in [0.3, 0.4) is 0 Å². The molecule has 13 heavy (non-hydrogen) atoms. The van der Waals surface area contributed by atoms with Crippen LogP contribution < -0.4 is 5.32 Å². The van der Waals surface area contributed by atoms with E-state index in [9.17, 15) is 0 Å². The summed E-state index contributed by atoms with van der Waals surface area (Å²) >= 11 is 0. The van der Waals surface area contributed by atoms with E-state index < -0.39 is 0 Å². The minimum absolute atomic E-state index is 0. The van der Waals surface area contributed by atoms with Gasteiger partial charge in [-0.1, -0.05) is 5.21 Å². The zero-order chi connectivity index (χ0) is 7.52. The first-order valence-electron chi connectivity index (χ1n) is 4.02. The van der Waals surface area contributed by atoms with Gasteiger partial charge in [-0.25, -0.2) is 0 Å². The molecule has 1 aromatic heterocycles. The molecular weight excluding hydrogens is 211 g/mol. The van der Waals surface area contributed by atoms with Crippen LogP contribution in [-0.4, -0.2) is 27.6 Å². The topological polar surface area (TPSA) is 42.7 Å². The van der Waals surface area contributed by atoms with E-state index in [1.165, 1.54) is 12.8 Å². The second kappa shape index (κ2) is 6.18. The Labute approximate surface area is 89.9 Å². The zero-order valence-corrected chi connectivity index (χ0v) is 8.85. The number of hydrogen-bond donors (Lipinski definition) is 1. The third kappa shape index (κ3) is 3.50. The number of nitrogens with zero attached hydrogens (tertiary/aromatic N) is 3. The maximum atomic E-state index is 3.91. The Morgan fingerprint density at radius 1 is 1.46 bits per heavy atom. The molecule has 0 spiro atoms. The molecule has 1 saturated heterocycles. The van der Waals surface area contributed by atoms with Crippen LogP contribution in [0.1, 0.15) is 12.8 Å². The van der Waals surface area contributed by atoms with Crippen LogP contribution in [0.5, 0.6) is 0 Å². The number of rotatable bonds is 2. The lowest BCUT2D eigenvalue weighted by Gasteiger charge is -2.08. The van der Waals surface area contributed by atoms with Crippen LogP contribution >= 0.6 is 24.8 Å². The third-order valence-electron chi connectivity index (χ3n) is 2.04. The Kier molecular flexibility index (Phi) is 6.03. The first-order valence-corrected chi connectivity index (χ1v) is 4.02. The third-order valence-corrected chi connectivity index (χ3v) is 2.04. The van der Waals surface area contributed by atoms with Gasteiger partial charge in [0.15, 0.2) is 0 Å². The van der Waals surface area contributed by atoms with Gasteiger partial charge in [-0.15, -0.1) is 29.9 Å². The maximum Gasteiger partial charge on any atom is 0.0692 e. The van der Waals surface area contributed by atoms with Gasteiger partial charge in [0.2, 0.25) is 0 Å². The van der Waals surface area contributed by atoms with E-state index in [4.69, 9.17) is 0 Å². The van der Waals surface area contributed by atoms with Crippen molar-refractivity contribution in [2.45, 2.75) is 25.4 Å². The second-order valence-electron chi connectivity index (χ2n) is 2.92. The lowest BCUT2D eigenvalue weighted by Crippen LogP contribution is -2.26. The Hall–Kier alpha value is -0.320. The van der Waals surface area contributed by atoms with Gasteiger partial charge in [0.25, 0.3) is 0 Å². The molecule has 0 amide bonds. The second-order valence-corrected chi connectivity index (χ2v) is 2.92. The first-order chi connectivity index (χ1) is 5.45. The van der Waals surface area contributed by atoms with Gasteiger partial charge >= 0.3 is 0 Å². The maximum absolute atomic E-state index is 3.91. The van der Waals surface area contributed by atoms with Crippen molar-refractivity contribution in [1.82, 2.24) is 20.3 Å². The van der Waals surface area contributed by atoms with E-state index in [1.54, 1.807) is 6.20 Å². The zero-order valence-electron chi connectivity index (χ0n) is 7.22. The molecule has 1 fully saturated rings. The summed E-state index contributed by atoms with van der Waals surface area (Å²) in [4.78, 5) is 0. The summed E-state index contributed by atoms with van der Waals surface area (Å²) in [5.74, 6) is 0. The van der Waals surface area contributed by atoms with Crippen LogP contribution in [0.25, 0.3) is 0 Å². The molecule has 0 radical (unpaired) electrons. The average Bonchev–Trinajstić information content (AvgIpc) is 2.60. The number of aromatic nitrogens is 3. The molecule has 2 heterocycles. The monoisotopic (exact) mass is 224 g/mol. The molecule has 4 nitrogen and oxygen atoms in total. The van der Waals surface area contributed by atoms with Crippen LogP contribution in [0.4, 0.5) is 0 Å². The van der Waals surface area contributed by atoms with Gasteiger partial charge in [-0.3, -0.25) is 4.68 Å². The highest BCUT2D eigenvalue weighted by molar-refractivity contribution is 5.85. The van der Waals surface area contributed by atoms with Crippen LogP contribution in [0.2, 0.25) is 0 Å². The van der Waals surface area contributed by atoms with Crippen molar-refractivity contribution in [2.24, 2.45) is 0 Å². The van der Waals surface area contributed by atoms with Gasteiger partial charge < -0.3 is 5.32 Å². The van der Waals surface area contributed by atoms with Crippen molar-refractivity contribution in [2.75, 3.05) is 6.54 Å². The van der Waals surface area contributed by atoms with E-state index in [-0.39, 0.29) is 24.8 Å². The fourth-order valence-electron chi connectivity index (χ4n) is 1.47. The van der Waals surface area contributed by atoms with E-state index in [0.29, 0.717) is 6.04 Å². The normalized spacial score (nSPS) is 20.5. The quantitative estimate of drug-likeness (QED) is 0.812. The predicted molar refractivity (Wildman–Crippen MR) is 55.5 cm³/mol. The fourth-order valence-corrected chi connectivity index (χ4v) is 1.47. The highest BCUT2D eigenvalue weighted by atomic mass is 35.5. The molecule has 0 saturated carbocycles. The molecule has 2 rings (SSSR count). The van der Waals surface area contributed by atoms with Gasteiger partial charge in [-0.05, 0) is 19.4 Å². The number of nitrogens with one attached hydrogen (secondary N) is 1. The summed E-state index contributed by atoms with van der Waals surface area (Å²) in [6, 6.07) is 0.608. The lowest BCUT2D eigenvalue weighted by atomic mass is 10.2. The predicted octanol–water partition coefficient (Wildman–Crippen LogP) is 0.874. The molecule has 1 aliphatic rings. The lowest BCUT2D eigenvalue weighted by molar-refractivity contribution is 0.466.